The van der Waals surface area contributed by atoms with Crippen LogP contribution in [0.3, 0.4) is 0 Å². The topological polar surface area (TPSA) is 90.5 Å². The standard InChI is InChI=1S/C24H29N3O3/c1-29-21-7-6-18(14-22(21)30-20-4-2-3-5-20)24(12-9-19(28)10-13-24)11-8-17-15-26-23(25)27-16-17/h6-7,14-16,19-20,28H,2-5,9-10,12-13H2,1H3,(H2,25,26,27)/t19-,24-. The van der Waals surface area contributed by atoms with Crippen molar-refractivity contribution >= 4 is 5.95 Å². The van der Waals surface area contributed by atoms with Crippen molar-refractivity contribution in [3.05, 3.63) is 41.7 Å². The van der Waals surface area contributed by atoms with Crippen LogP contribution in [0.1, 0.15) is 62.5 Å². The van der Waals surface area contributed by atoms with Gasteiger partial charge in [-0.2, -0.15) is 0 Å². The van der Waals surface area contributed by atoms with Gasteiger partial charge in [0.05, 0.1) is 30.3 Å². The van der Waals surface area contributed by atoms with Gasteiger partial charge in [0.1, 0.15) is 0 Å². The number of rotatable bonds is 4. The van der Waals surface area contributed by atoms with Crippen molar-refractivity contribution in [1.82, 2.24) is 9.97 Å². The summed E-state index contributed by atoms with van der Waals surface area (Å²) in [6.45, 7) is 0. The fourth-order valence-corrected chi connectivity index (χ4v) is 4.43. The predicted molar refractivity (Wildman–Crippen MR) is 115 cm³/mol. The first kappa shape index (κ1) is 20.5. The molecule has 2 aliphatic carbocycles. The van der Waals surface area contributed by atoms with Crippen LogP contribution in [0.5, 0.6) is 11.5 Å². The van der Waals surface area contributed by atoms with E-state index in [0.29, 0.717) is 0 Å². The number of anilines is 1. The number of nitrogen functional groups attached to an aromatic ring is 1. The van der Waals surface area contributed by atoms with Crippen LogP contribution < -0.4 is 15.2 Å². The Hall–Kier alpha value is -2.78. The van der Waals surface area contributed by atoms with Crippen molar-refractivity contribution in [1.29, 1.82) is 0 Å². The highest BCUT2D eigenvalue weighted by molar-refractivity contribution is 5.49. The monoisotopic (exact) mass is 407 g/mol. The Bertz CT molecular complexity index is 919. The SMILES string of the molecule is COc1ccc([C@]2(C#Cc3cnc(N)nc3)CC[C@@H](O)CC2)cc1OC1CCCC1. The first-order chi connectivity index (χ1) is 14.6. The molecule has 0 unspecified atom stereocenters. The van der Waals surface area contributed by atoms with Crippen LogP contribution in [0.2, 0.25) is 0 Å². The van der Waals surface area contributed by atoms with Crippen LogP contribution in [0.4, 0.5) is 5.95 Å². The van der Waals surface area contributed by atoms with Crippen molar-refractivity contribution < 1.29 is 14.6 Å². The molecular weight excluding hydrogens is 378 g/mol. The fraction of sp³-hybridized carbons (Fsp3) is 0.500. The second-order valence-electron chi connectivity index (χ2n) is 8.28. The molecule has 0 atom stereocenters. The number of nitrogens with two attached hydrogens (primary N) is 1. The fourth-order valence-electron chi connectivity index (χ4n) is 4.43. The highest BCUT2D eigenvalue weighted by atomic mass is 16.5. The third kappa shape index (κ3) is 4.52. The third-order valence-electron chi connectivity index (χ3n) is 6.24. The van der Waals surface area contributed by atoms with Gasteiger partial charge in [0, 0.05) is 12.4 Å². The van der Waals surface area contributed by atoms with Crippen LogP contribution >= 0.6 is 0 Å². The van der Waals surface area contributed by atoms with Gasteiger partial charge in [0.25, 0.3) is 0 Å². The van der Waals surface area contributed by atoms with Gasteiger partial charge in [-0.05, 0) is 69.1 Å². The normalized spacial score (nSPS) is 24.1. The molecule has 3 N–H and O–H groups in total. The zero-order valence-electron chi connectivity index (χ0n) is 17.4. The molecular formula is C24H29N3O3. The quantitative estimate of drug-likeness (QED) is 0.753. The summed E-state index contributed by atoms with van der Waals surface area (Å²) in [7, 11) is 1.67. The van der Waals surface area contributed by atoms with Crippen molar-refractivity contribution in [2.75, 3.05) is 12.8 Å². The first-order valence-electron chi connectivity index (χ1n) is 10.7. The van der Waals surface area contributed by atoms with Gasteiger partial charge >= 0.3 is 0 Å². The summed E-state index contributed by atoms with van der Waals surface area (Å²) in [5, 5.41) is 10.1. The zero-order chi connectivity index (χ0) is 21.0. The third-order valence-corrected chi connectivity index (χ3v) is 6.24. The van der Waals surface area contributed by atoms with E-state index in [1.807, 2.05) is 6.07 Å². The molecule has 2 fully saturated rings. The van der Waals surface area contributed by atoms with Gasteiger partial charge < -0.3 is 20.3 Å². The van der Waals surface area contributed by atoms with Gasteiger partial charge in [-0.25, -0.2) is 9.97 Å². The minimum absolute atomic E-state index is 0.236. The van der Waals surface area contributed by atoms with Crippen LogP contribution in [-0.2, 0) is 5.41 Å². The van der Waals surface area contributed by atoms with E-state index in [4.69, 9.17) is 15.2 Å². The van der Waals surface area contributed by atoms with Crippen molar-refractivity contribution in [3.63, 3.8) is 0 Å². The number of aliphatic hydroxyl groups is 1. The molecule has 0 aliphatic heterocycles. The molecule has 1 aromatic carbocycles. The first-order valence-corrected chi connectivity index (χ1v) is 10.7. The number of hydrogen-bond acceptors (Lipinski definition) is 6. The average molecular weight is 408 g/mol. The number of nitrogens with zero attached hydrogens (tertiary/aromatic N) is 2. The summed E-state index contributed by atoms with van der Waals surface area (Å²) in [6, 6.07) is 6.13. The van der Waals surface area contributed by atoms with E-state index < -0.39 is 0 Å². The van der Waals surface area contributed by atoms with Crippen molar-refractivity contribution in [2.45, 2.75) is 69.0 Å². The molecule has 0 amide bonds. The Morgan fingerprint density at radius 3 is 2.43 bits per heavy atom. The largest absolute Gasteiger partial charge is 0.493 e. The van der Waals surface area contributed by atoms with E-state index in [1.54, 1.807) is 19.5 Å². The molecule has 6 nitrogen and oxygen atoms in total. The van der Waals surface area contributed by atoms with E-state index in [-0.39, 0.29) is 23.6 Å². The number of benzene rings is 1. The Morgan fingerprint density at radius 2 is 1.77 bits per heavy atom. The molecule has 0 bridgehead atoms. The predicted octanol–water partition coefficient (Wildman–Crippen LogP) is 3.61. The molecule has 1 heterocycles. The highest BCUT2D eigenvalue weighted by Crippen LogP contribution is 2.43. The maximum atomic E-state index is 10.1. The van der Waals surface area contributed by atoms with E-state index >= 15 is 0 Å². The summed E-state index contributed by atoms with van der Waals surface area (Å²) in [4.78, 5) is 8.06. The van der Waals surface area contributed by atoms with E-state index in [0.717, 1.165) is 61.2 Å². The molecule has 1 aromatic heterocycles. The Labute approximate surface area is 177 Å². The molecule has 2 aromatic rings. The molecule has 30 heavy (non-hydrogen) atoms. The maximum absolute atomic E-state index is 10.1. The lowest BCUT2D eigenvalue weighted by Crippen LogP contribution is -2.32. The van der Waals surface area contributed by atoms with Crippen molar-refractivity contribution in [2.24, 2.45) is 0 Å². The molecule has 2 aliphatic rings. The summed E-state index contributed by atoms with van der Waals surface area (Å²) in [6.07, 6.45) is 10.9. The van der Waals surface area contributed by atoms with Gasteiger partial charge in [0.2, 0.25) is 5.95 Å². The van der Waals surface area contributed by atoms with Crippen molar-refractivity contribution in [3.8, 4) is 23.3 Å². The molecule has 4 rings (SSSR count). The van der Waals surface area contributed by atoms with E-state index in [1.165, 1.54) is 12.8 Å². The minimum atomic E-state index is -0.360. The maximum Gasteiger partial charge on any atom is 0.219 e. The second kappa shape index (κ2) is 8.93. The lowest BCUT2D eigenvalue weighted by atomic mass is 9.69. The second-order valence-corrected chi connectivity index (χ2v) is 8.28. The van der Waals surface area contributed by atoms with Crippen LogP contribution in [0, 0.1) is 11.8 Å². The van der Waals surface area contributed by atoms with Crippen LogP contribution in [0.15, 0.2) is 30.6 Å². The average Bonchev–Trinajstić information content (AvgIpc) is 3.28. The summed E-state index contributed by atoms with van der Waals surface area (Å²) in [5.41, 5.74) is 7.06. The molecule has 0 radical (unpaired) electrons. The number of ether oxygens (including phenoxy) is 2. The number of aromatic nitrogens is 2. The Kier molecular flexibility index (Phi) is 6.10. The van der Waals surface area contributed by atoms with Gasteiger partial charge in [-0.3, -0.25) is 0 Å². The number of aliphatic hydroxyl groups excluding tert-OH is 1. The van der Waals surface area contributed by atoms with Crippen LogP contribution in [-0.4, -0.2) is 34.4 Å². The molecule has 2 saturated carbocycles. The zero-order valence-corrected chi connectivity index (χ0v) is 17.4. The van der Waals surface area contributed by atoms with E-state index in [2.05, 4.69) is 33.9 Å². The minimum Gasteiger partial charge on any atom is -0.493 e. The summed E-state index contributed by atoms with van der Waals surface area (Å²) in [5.74, 6) is 8.49. The Morgan fingerprint density at radius 1 is 1.07 bits per heavy atom. The van der Waals surface area contributed by atoms with E-state index in [9.17, 15) is 5.11 Å². The smallest absolute Gasteiger partial charge is 0.219 e. The van der Waals surface area contributed by atoms with Crippen LogP contribution in [0.25, 0.3) is 0 Å². The number of hydrogen-bond donors (Lipinski definition) is 2. The molecule has 0 spiro atoms. The lowest BCUT2D eigenvalue weighted by molar-refractivity contribution is 0.110. The molecule has 6 heteroatoms. The lowest BCUT2D eigenvalue weighted by Gasteiger charge is -2.35. The van der Waals surface area contributed by atoms with Gasteiger partial charge in [0.15, 0.2) is 11.5 Å². The number of methoxy groups -OCH3 is 1. The Balaban J connectivity index is 1.69. The highest BCUT2D eigenvalue weighted by Gasteiger charge is 2.36. The van der Waals surface area contributed by atoms with Gasteiger partial charge in [-0.1, -0.05) is 17.9 Å². The van der Waals surface area contributed by atoms with Gasteiger partial charge in [-0.15, -0.1) is 0 Å². The summed E-state index contributed by atoms with van der Waals surface area (Å²) >= 11 is 0. The molecule has 0 saturated heterocycles. The summed E-state index contributed by atoms with van der Waals surface area (Å²) < 4.78 is 11.9. The molecule has 158 valence electrons.